The number of aromatic amines is 1. The predicted molar refractivity (Wildman–Crippen MR) is 160 cm³/mol. The van der Waals surface area contributed by atoms with Crippen LogP contribution in [0.2, 0.25) is 0 Å². The summed E-state index contributed by atoms with van der Waals surface area (Å²) >= 11 is 0. The van der Waals surface area contributed by atoms with Gasteiger partial charge in [-0.1, -0.05) is 56.3 Å². The Kier molecular flexibility index (Phi) is 9.15. The summed E-state index contributed by atoms with van der Waals surface area (Å²) in [5, 5.41) is 3.58. The average Bonchev–Trinajstić information content (AvgIpc) is 3.36. The SMILES string of the molecule is COCC(=O)O[C@]1(CCNCCc2ccc(Cc3nc4ccccc4[nH]3)cc2)CCc2cc(F)ccc2[C@@H]1C(C)C. The number of hydrogen-bond acceptors (Lipinski definition) is 5. The van der Waals surface area contributed by atoms with Crippen molar-refractivity contribution in [2.24, 2.45) is 5.92 Å². The molecule has 0 spiro atoms. The Balaban J connectivity index is 1.18. The number of aryl methyl sites for hydroxylation is 1. The molecule has 0 saturated heterocycles. The lowest BCUT2D eigenvalue weighted by Crippen LogP contribution is -2.49. The molecule has 3 aromatic carbocycles. The monoisotopic (exact) mass is 557 g/mol. The molecule has 1 aliphatic rings. The van der Waals surface area contributed by atoms with Crippen LogP contribution >= 0.6 is 0 Å². The van der Waals surface area contributed by atoms with Crippen molar-refractivity contribution in [3.63, 3.8) is 0 Å². The fourth-order valence-electron chi connectivity index (χ4n) is 6.43. The number of halogens is 1. The summed E-state index contributed by atoms with van der Waals surface area (Å²) in [7, 11) is 1.50. The second kappa shape index (κ2) is 13.0. The lowest BCUT2D eigenvalue weighted by Gasteiger charge is -2.46. The number of carbonyl (C=O) groups is 1. The van der Waals surface area contributed by atoms with E-state index in [1.165, 1.54) is 24.3 Å². The Hall–Kier alpha value is -3.55. The summed E-state index contributed by atoms with van der Waals surface area (Å²) < 4.78 is 25.3. The summed E-state index contributed by atoms with van der Waals surface area (Å²) in [4.78, 5) is 20.8. The normalized spacial score (nSPS) is 18.5. The van der Waals surface area contributed by atoms with Crippen molar-refractivity contribution in [1.29, 1.82) is 0 Å². The maximum Gasteiger partial charge on any atom is 0.332 e. The first kappa shape index (κ1) is 29.0. The maximum atomic E-state index is 14.0. The van der Waals surface area contributed by atoms with E-state index in [0.29, 0.717) is 25.8 Å². The first-order valence-electron chi connectivity index (χ1n) is 14.6. The number of esters is 1. The highest BCUT2D eigenvalue weighted by atomic mass is 19.1. The van der Waals surface area contributed by atoms with E-state index in [2.05, 4.69) is 53.4 Å². The lowest BCUT2D eigenvalue weighted by atomic mass is 9.65. The van der Waals surface area contributed by atoms with Crippen molar-refractivity contribution >= 4 is 17.0 Å². The van der Waals surface area contributed by atoms with Crippen LogP contribution in [0.25, 0.3) is 11.0 Å². The van der Waals surface area contributed by atoms with E-state index in [1.54, 1.807) is 6.07 Å². The number of nitrogens with zero attached hydrogens (tertiary/aromatic N) is 1. The van der Waals surface area contributed by atoms with Gasteiger partial charge in [-0.15, -0.1) is 0 Å². The van der Waals surface area contributed by atoms with Crippen LogP contribution in [0.1, 0.15) is 60.7 Å². The van der Waals surface area contributed by atoms with E-state index in [4.69, 9.17) is 9.47 Å². The summed E-state index contributed by atoms with van der Waals surface area (Å²) in [6.07, 6.45) is 3.69. The fourth-order valence-corrected chi connectivity index (χ4v) is 6.43. The van der Waals surface area contributed by atoms with Crippen LogP contribution in [0, 0.1) is 11.7 Å². The molecular weight excluding hydrogens is 517 g/mol. The second-order valence-electron chi connectivity index (χ2n) is 11.5. The minimum atomic E-state index is -0.667. The number of hydrogen-bond donors (Lipinski definition) is 2. The molecule has 0 bridgehead atoms. The zero-order chi connectivity index (χ0) is 28.8. The molecule has 216 valence electrons. The summed E-state index contributed by atoms with van der Waals surface area (Å²) in [5.74, 6) is 0.586. The quantitative estimate of drug-likeness (QED) is 0.162. The minimum absolute atomic E-state index is 0.0197. The maximum absolute atomic E-state index is 14.0. The van der Waals surface area contributed by atoms with Crippen LogP contribution < -0.4 is 5.32 Å². The van der Waals surface area contributed by atoms with Crippen LogP contribution in [0.15, 0.2) is 66.7 Å². The first-order chi connectivity index (χ1) is 19.9. The van der Waals surface area contributed by atoms with E-state index in [-0.39, 0.29) is 30.2 Å². The number of rotatable bonds is 12. The Labute approximate surface area is 241 Å². The van der Waals surface area contributed by atoms with Crippen LogP contribution in [0.4, 0.5) is 4.39 Å². The summed E-state index contributed by atoms with van der Waals surface area (Å²) in [5.41, 5.74) is 5.97. The number of fused-ring (bicyclic) bond motifs is 2. The number of nitrogens with one attached hydrogen (secondary N) is 2. The molecule has 4 aromatic rings. The molecule has 0 unspecified atom stereocenters. The van der Waals surface area contributed by atoms with Crippen molar-refractivity contribution in [2.45, 2.75) is 57.5 Å². The third-order valence-electron chi connectivity index (χ3n) is 8.22. The Morgan fingerprint density at radius 3 is 2.63 bits per heavy atom. The van der Waals surface area contributed by atoms with Crippen LogP contribution in [-0.2, 0) is 33.5 Å². The largest absolute Gasteiger partial charge is 0.457 e. The van der Waals surface area contributed by atoms with Gasteiger partial charge in [-0.25, -0.2) is 14.2 Å². The van der Waals surface area contributed by atoms with Crippen LogP contribution in [-0.4, -0.2) is 48.3 Å². The van der Waals surface area contributed by atoms with Crippen molar-refractivity contribution in [1.82, 2.24) is 15.3 Å². The molecule has 1 heterocycles. The highest BCUT2D eigenvalue weighted by Gasteiger charge is 2.47. The van der Waals surface area contributed by atoms with Crippen LogP contribution in [0.5, 0.6) is 0 Å². The molecule has 1 aliphatic carbocycles. The van der Waals surface area contributed by atoms with Crippen molar-refractivity contribution in [3.8, 4) is 0 Å². The van der Waals surface area contributed by atoms with Crippen molar-refractivity contribution in [3.05, 3.63) is 101 Å². The topological polar surface area (TPSA) is 76.2 Å². The fraction of sp³-hybridized carbons (Fsp3) is 0.412. The number of ether oxygens (including phenoxy) is 2. The van der Waals surface area contributed by atoms with Gasteiger partial charge in [-0.05, 0) is 84.8 Å². The number of para-hydroxylation sites is 2. The molecule has 0 radical (unpaired) electrons. The zero-order valence-electron chi connectivity index (χ0n) is 24.2. The molecule has 7 heteroatoms. The number of imidazole rings is 1. The number of benzene rings is 3. The molecule has 2 N–H and O–H groups in total. The number of methoxy groups -OCH3 is 1. The molecule has 0 fully saturated rings. The van der Waals surface area contributed by atoms with Gasteiger partial charge in [0.25, 0.3) is 0 Å². The van der Waals surface area contributed by atoms with E-state index in [1.807, 2.05) is 30.3 Å². The first-order valence-corrected chi connectivity index (χ1v) is 14.6. The molecule has 0 saturated carbocycles. The van der Waals surface area contributed by atoms with Gasteiger partial charge in [-0.3, -0.25) is 0 Å². The number of aromatic nitrogens is 2. The molecule has 2 atom stereocenters. The molecular formula is C34H40FN3O3. The van der Waals surface area contributed by atoms with E-state index in [9.17, 15) is 9.18 Å². The second-order valence-corrected chi connectivity index (χ2v) is 11.5. The van der Waals surface area contributed by atoms with Gasteiger partial charge in [0, 0.05) is 25.9 Å². The van der Waals surface area contributed by atoms with Crippen molar-refractivity contribution in [2.75, 3.05) is 26.8 Å². The minimum Gasteiger partial charge on any atom is -0.457 e. The van der Waals surface area contributed by atoms with E-state index in [0.717, 1.165) is 47.4 Å². The van der Waals surface area contributed by atoms with E-state index < -0.39 is 5.60 Å². The van der Waals surface area contributed by atoms with Gasteiger partial charge < -0.3 is 19.8 Å². The Morgan fingerprint density at radius 2 is 1.88 bits per heavy atom. The zero-order valence-corrected chi connectivity index (χ0v) is 24.2. The highest BCUT2D eigenvalue weighted by Crippen LogP contribution is 2.48. The molecule has 6 nitrogen and oxygen atoms in total. The van der Waals surface area contributed by atoms with Gasteiger partial charge >= 0.3 is 5.97 Å². The average molecular weight is 558 g/mol. The molecule has 1 aromatic heterocycles. The smallest absolute Gasteiger partial charge is 0.332 e. The van der Waals surface area contributed by atoms with Gasteiger partial charge in [0.2, 0.25) is 0 Å². The molecule has 41 heavy (non-hydrogen) atoms. The highest BCUT2D eigenvalue weighted by molar-refractivity contribution is 5.74. The Bertz CT molecular complexity index is 1430. The summed E-state index contributed by atoms with van der Waals surface area (Å²) in [6.45, 7) is 5.74. The Morgan fingerprint density at radius 1 is 1.10 bits per heavy atom. The molecule has 5 rings (SSSR count). The van der Waals surface area contributed by atoms with Crippen molar-refractivity contribution < 1.29 is 18.7 Å². The number of H-pyrrole nitrogens is 1. The van der Waals surface area contributed by atoms with Crippen LogP contribution in [0.3, 0.4) is 0 Å². The lowest BCUT2D eigenvalue weighted by molar-refractivity contribution is -0.171. The van der Waals surface area contributed by atoms with Gasteiger partial charge in [-0.2, -0.15) is 0 Å². The number of carbonyl (C=O) groups excluding carboxylic acids is 1. The third-order valence-corrected chi connectivity index (χ3v) is 8.22. The van der Waals surface area contributed by atoms with Gasteiger partial charge in [0.05, 0.1) is 11.0 Å². The standard InChI is InChI=1S/C34H40FN3O3/c1-23(2)33-28-13-12-27(35)21-26(28)14-16-34(33,41-32(39)22-40-3)17-19-36-18-15-24-8-10-25(11-9-24)20-31-37-29-6-4-5-7-30(29)38-31/h4-13,21,23,33,36H,14-20,22H2,1-3H3,(H,37,38)/t33-,34-/m0/s1. The van der Waals surface area contributed by atoms with Gasteiger partial charge in [0.1, 0.15) is 23.8 Å². The predicted octanol–water partition coefficient (Wildman–Crippen LogP) is 6.13. The van der Waals surface area contributed by atoms with Gasteiger partial charge in [0.15, 0.2) is 0 Å². The third kappa shape index (κ3) is 6.85. The molecule has 0 amide bonds. The van der Waals surface area contributed by atoms with E-state index >= 15 is 0 Å². The molecule has 0 aliphatic heterocycles. The summed E-state index contributed by atoms with van der Waals surface area (Å²) in [6, 6.07) is 21.8.